The van der Waals surface area contributed by atoms with E-state index in [1.165, 1.54) is 200 Å². The summed E-state index contributed by atoms with van der Waals surface area (Å²) >= 11 is 0. The van der Waals surface area contributed by atoms with Gasteiger partial charge in [0, 0.05) is 32.3 Å². The molecule has 96 heavy (non-hydrogen) atoms. The highest BCUT2D eigenvalue weighted by molar-refractivity contribution is 5.37. The number of rotatable bonds is 9. The Bertz CT molecular complexity index is 2990. The van der Waals surface area contributed by atoms with Crippen molar-refractivity contribution in [1.82, 2.24) is 0 Å². The van der Waals surface area contributed by atoms with Crippen molar-refractivity contribution >= 4 is 0 Å². The molecule has 19 aliphatic rings. The minimum Gasteiger partial charge on any atom is -0.396 e. The first-order valence-corrected chi connectivity index (χ1v) is 40.8. The van der Waals surface area contributed by atoms with Crippen LogP contribution in [0.1, 0.15) is 278 Å². The molecule has 2 spiro atoms. The zero-order chi connectivity index (χ0) is 69.4. The second kappa shape index (κ2) is 26.9. The third-order valence-corrected chi connectivity index (χ3v) is 36.6. The summed E-state index contributed by atoms with van der Waals surface area (Å²) in [5.41, 5.74) is 18.0. The molecule has 14 bridgehead atoms. The molecule has 27 atom stereocenters. The van der Waals surface area contributed by atoms with E-state index < -0.39 is 0 Å². The molecule has 0 radical (unpaired) electrons. The average Bonchev–Trinajstić information content (AvgIpc) is 1.45. The molecular weight excluding hydrogens is 1180 g/mol. The summed E-state index contributed by atoms with van der Waals surface area (Å²) in [5, 5.41) is 56.2. The average molecular weight is 1320 g/mol. The van der Waals surface area contributed by atoms with Gasteiger partial charge in [0.2, 0.25) is 0 Å². The van der Waals surface area contributed by atoms with Crippen LogP contribution >= 0.6 is 0 Å². The minimum absolute atomic E-state index is 0.235. The van der Waals surface area contributed by atoms with Crippen molar-refractivity contribution in [2.75, 3.05) is 39.6 Å². The fourth-order valence-electron chi connectivity index (χ4n) is 29.0. The molecule has 0 amide bonds. The van der Waals surface area contributed by atoms with E-state index in [2.05, 4.69) is 142 Å². The lowest BCUT2D eigenvalue weighted by Crippen LogP contribution is -2.41. The van der Waals surface area contributed by atoms with E-state index in [-0.39, 0.29) is 19.8 Å². The maximum atomic E-state index is 9.61. The van der Waals surface area contributed by atoms with Crippen molar-refractivity contribution in [1.29, 1.82) is 0 Å². The van der Waals surface area contributed by atoms with Gasteiger partial charge in [0.1, 0.15) is 0 Å². The number of hydrogen-bond acceptors (Lipinski definition) is 6. The van der Waals surface area contributed by atoms with Crippen LogP contribution in [0.4, 0.5) is 0 Å². The molecule has 6 heteroatoms. The summed E-state index contributed by atoms with van der Waals surface area (Å²) in [6.45, 7) is 48.5. The molecule has 0 saturated heterocycles. The van der Waals surface area contributed by atoms with Crippen molar-refractivity contribution in [2.45, 2.75) is 278 Å². The van der Waals surface area contributed by atoms with Crippen LogP contribution in [0.5, 0.6) is 0 Å². The topological polar surface area (TPSA) is 121 Å². The van der Waals surface area contributed by atoms with Gasteiger partial charge in [-0.3, -0.25) is 0 Å². The molecule has 0 heterocycles. The van der Waals surface area contributed by atoms with Crippen LogP contribution in [0.15, 0.2) is 81.5 Å². The number of allylic oxidation sites excluding steroid dienone is 9. The summed E-state index contributed by atoms with van der Waals surface area (Å²) < 4.78 is 0. The van der Waals surface area contributed by atoms with E-state index in [4.69, 9.17) is 0 Å². The van der Waals surface area contributed by atoms with Crippen molar-refractivity contribution < 1.29 is 30.6 Å². The molecule has 0 aromatic rings. The highest BCUT2D eigenvalue weighted by atomic mass is 16.3. The molecule has 0 aliphatic heterocycles. The van der Waals surface area contributed by atoms with E-state index in [0.29, 0.717) is 104 Å². The molecule has 6 nitrogen and oxygen atoms in total. The molecule has 19 aliphatic carbocycles. The number of aliphatic hydroxyl groups excluding tert-OH is 6. The van der Waals surface area contributed by atoms with Crippen LogP contribution in [-0.2, 0) is 0 Å². The quantitative estimate of drug-likeness (QED) is 0.128. The fraction of sp³-hybridized carbons (Fsp3) is 0.844. The Hall–Kier alpha value is -2.06. The monoisotopic (exact) mass is 1320 g/mol. The summed E-state index contributed by atoms with van der Waals surface area (Å²) in [5.74, 6) is 15.7. The van der Waals surface area contributed by atoms with Crippen LogP contribution in [0.3, 0.4) is 0 Å². The van der Waals surface area contributed by atoms with Gasteiger partial charge in [-0.25, -0.2) is 0 Å². The van der Waals surface area contributed by atoms with Gasteiger partial charge in [-0.1, -0.05) is 160 Å². The predicted octanol–water partition coefficient (Wildman–Crippen LogP) is 20.6. The molecule has 16 fully saturated rings. The van der Waals surface area contributed by atoms with Gasteiger partial charge in [-0.2, -0.15) is 0 Å². The lowest BCUT2D eigenvalue weighted by atomic mass is 9.56. The van der Waals surface area contributed by atoms with E-state index >= 15 is 0 Å². The first-order valence-electron chi connectivity index (χ1n) is 40.8. The number of hydrogen-bond donors (Lipinski definition) is 6. The van der Waals surface area contributed by atoms with Crippen molar-refractivity contribution in [3.8, 4) is 0 Å². The second-order valence-electron chi connectivity index (χ2n) is 39.7. The van der Waals surface area contributed by atoms with Crippen molar-refractivity contribution in [3.05, 3.63) is 81.5 Å². The summed E-state index contributed by atoms with van der Waals surface area (Å²) in [6.07, 6.45) is 41.2. The molecule has 540 valence electrons. The lowest BCUT2D eigenvalue weighted by Gasteiger charge is -2.49. The van der Waals surface area contributed by atoms with Crippen LogP contribution < -0.4 is 0 Å². The lowest BCUT2D eigenvalue weighted by molar-refractivity contribution is 0.0302. The Morgan fingerprint density at radius 1 is 0.583 bits per heavy atom. The van der Waals surface area contributed by atoms with Crippen molar-refractivity contribution in [2.24, 2.45) is 161 Å². The van der Waals surface area contributed by atoms with Crippen LogP contribution in [-0.4, -0.2) is 70.3 Å². The van der Waals surface area contributed by atoms with Gasteiger partial charge in [0.15, 0.2) is 0 Å². The molecule has 6 N–H and O–H groups in total. The fourth-order valence-corrected chi connectivity index (χ4v) is 29.0. The third kappa shape index (κ3) is 11.3. The molecule has 0 aromatic carbocycles. The van der Waals surface area contributed by atoms with Crippen LogP contribution in [0, 0.1) is 161 Å². The minimum atomic E-state index is 0.235. The highest BCUT2D eigenvalue weighted by Gasteiger charge is 2.87. The predicted molar refractivity (Wildman–Crippen MR) is 398 cm³/mol. The summed E-state index contributed by atoms with van der Waals surface area (Å²) in [4.78, 5) is 0. The van der Waals surface area contributed by atoms with Crippen LogP contribution in [0.25, 0.3) is 0 Å². The molecule has 12 unspecified atom stereocenters. The Labute approximate surface area is 587 Å². The Kier molecular flexibility index (Phi) is 20.6. The van der Waals surface area contributed by atoms with E-state index in [0.717, 1.165) is 83.4 Å². The van der Waals surface area contributed by atoms with E-state index in [1.807, 2.05) is 0 Å². The Morgan fingerprint density at radius 2 is 1.16 bits per heavy atom. The third-order valence-electron chi connectivity index (χ3n) is 36.6. The zero-order valence-electron chi connectivity index (χ0n) is 64.4. The molecule has 0 aromatic heterocycles. The SMILES string of the molecule is C/C(CO)=C1/CCC2=CCC[C@@H](C)[C@]2(C)C1.C=C1CCC[C@@]2(C)CC=C(C(C)CO)CC12.C=C1[C@H]2CC[C@H](CO)[C@@]23CC[C@H](C3)C1(C)C.CC1=CCC[C@@H](C)[C@]12CC/C(=C(/C)CO)C2.C[C@@H](CO)[C@H]1CCC2(C)C3CC4C([C@@H]31)C42C.C[C@H](CO)[C@H]1CCC2(C)C3CC4C([C@@H]31)C42C. The maximum absolute atomic E-state index is 9.61. The van der Waals surface area contributed by atoms with Gasteiger partial charge in [-0.15, -0.1) is 0 Å². The molecule has 19 rings (SSSR count). The van der Waals surface area contributed by atoms with Gasteiger partial charge in [-0.05, 0) is 354 Å². The first-order chi connectivity index (χ1) is 45.4. The highest BCUT2D eigenvalue weighted by Crippen LogP contribution is 2.93. The zero-order valence-corrected chi connectivity index (χ0v) is 64.4. The summed E-state index contributed by atoms with van der Waals surface area (Å²) in [7, 11) is 0. The first kappa shape index (κ1) is 73.7. The van der Waals surface area contributed by atoms with Gasteiger partial charge < -0.3 is 30.6 Å². The van der Waals surface area contributed by atoms with E-state index in [9.17, 15) is 30.6 Å². The van der Waals surface area contributed by atoms with Crippen molar-refractivity contribution in [3.63, 3.8) is 0 Å². The van der Waals surface area contributed by atoms with E-state index in [1.54, 1.807) is 11.1 Å². The Balaban J connectivity index is 0.000000110. The van der Waals surface area contributed by atoms with Gasteiger partial charge in [0.25, 0.3) is 0 Å². The molecule has 16 saturated carbocycles. The molecular formula is C90H144O6. The maximum Gasteiger partial charge on any atom is 0.0641 e. The number of fused-ring (bicyclic) bond motifs is 3. The van der Waals surface area contributed by atoms with Crippen LogP contribution in [0.2, 0.25) is 0 Å². The Morgan fingerprint density at radius 3 is 1.70 bits per heavy atom. The normalized spacial score (nSPS) is 49.3. The smallest absolute Gasteiger partial charge is 0.0641 e. The van der Waals surface area contributed by atoms with Gasteiger partial charge in [0.05, 0.1) is 13.2 Å². The number of aliphatic hydroxyl groups is 6. The largest absolute Gasteiger partial charge is 0.396 e. The standard InChI is InChI=1S/6C15H24O/c2*1-8(7-16)9-4-5-14(2)10-6-11-13(12(9)10)15(11,14)3;1-10-13-5-4-12(9-16)15(13)7-6-11(8-15)14(10,2)3;1-11-5-4-7-15(3)8-6-13(9-14(11)15)12(2)10-16;1-11(10-16)13-7-8-14-6-4-5-12(2)15(14,3)9-13;1-11(10-16)14-7-8-15(9-14)12(2)5-4-6-13(15)3/h2*8-13,16H,4-7H2,1-3H3;11-13,16H,1,4-9H2,2-3H3;6,12,14,16H,1,4-5,7-10H2,2-3H3;6,12,16H,4-5,7-10H2,1-3H3;5,13,16H,4,6-10H2,1-3H3/b;;;;13-11+;14-11+/t8-,9+,10?,11?,12+,13?,14?,15?;8-,9-,10?,11?,12-,13?,14?,15?;11-,12-,13-,15+;12?,14?,15-;12-,15+;13-,15+/m011011/s1. The summed E-state index contributed by atoms with van der Waals surface area (Å²) in [6, 6.07) is 0. The van der Waals surface area contributed by atoms with Gasteiger partial charge >= 0.3 is 0 Å². The second-order valence-corrected chi connectivity index (χ2v) is 39.7.